The minimum Gasteiger partial charge on any atom is -0.462 e. The second kappa shape index (κ2) is 36.5. The summed E-state index contributed by atoms with van der Waals surface area (Å²) in [6.07, 6.45) is 20.9. The van der Waals surface area contributed by atoms with Gasteiger partial charge in [-0.3, -0.25) is 18.9 Å². The maximum absolute atomic E-state index is 13.7. The van der Waals surface area contributed by atoms with Gasteiger partial charge in [0.05, 0.1) is 13.0 Å². The second-order valence-electron chi connectivity index (χ2n) is 18.8. The average Bonchev–Trinajstić information content (AvgIpc) is 3.31. The van der Waals surface area contributed by atoms with E-state index in [9.17, 15) is 37.6 Å². The molecule has 6 atom stereocenters. The molecule has 13 nitrogen and oxygen atoms in total. The monoisotopic (exact) mass is 974 g/mol. The molecular formula is C54H87NO12S. The standard InChI is InChI=1S/C54H87NO12S/c1-2-3-4-5-6-7-14-19-30-39-46(64-49(58)40-31-20-15-10-8-12-17-24-33-44-35-26-22-27-36-44)42-48(57)55-51-53(52(67-68(61,62)63)47(43-56)65-54(51)60)66-50(59)41-32-21-16-11-9-13-18-25-34-45-37-28-23-29-38-45/h22-23,26-29,35-38,46-47,51-54,56,60H,2-21,24-25,30-34,39-43H2,1H3,(H,55,57)(H,61,62,63)/t46-,47?,51?,52-,53-,54-/m1/s1. The molecule has 0 aromatic heterocycles. The lowest BCUT2D eigenvalue weighted by atomic mass is 9.96. The van der Waals surface area contributed by atoms with Gasteiger partial charge in [-0.05, 0) is 62.5 Å². The molecule has 1 fully saturated rings. The number of benzene rings is 2. The SMILES string of the molecule is CCCCCCCCCCC[C@H](CC(=O)NC1[C@H](O)OC(CO)[C@@H](OS(=O)(=O)O)[C@@H]1OC(=O)CCCCCCCCCCc1ccccc1)OC(=O)CCCCCCCCCCc1ccccc1. The summed E-state index contributed by atoms with van der Waals surface area (Å²) < 4.78 is 55.5. The first-order chi connectivity index (χ1) is 33.0. The van der Waals surface area contributed by atoms with Crippen molar-refractivity contribution in [1.29, 1.82) is 0 Å². The van der Waals surface area contributed by atoms with Gasteiger partial charge in [0.15, 0.2) is 12.4 Å². The molecule has 14 heteroatoms. The first-order valence-electron chi connectivity index (χ1n) is 26.3. The van der Waals surface area contributed by atoms with E-state index in [1.807, 2.05) is 12.1 Å². The molecule has 1 saturated heterocycles. The molecule has 1 aliphatic heterocycles. The predicted octanol–water partition coefficient (Wildman–Crippen LogP) is 11.0. The number of aliphatic hydroxyl groups is 2. The van der Waals surface area contributed by atoms with Gasteiger partial charge in [-0.1, -0.05) is 196 Å². The molecule has 0 radical (unpaired) electrons. The largest absolute Gasteiger partial charge is 0.462 e. The van der Waals surface area contributed by atoms with Gasteiger partial charge in [0.1, 0.15) is 24.4 Å². The van der Waals surface area contributed by atoms with Crippen LogP contribution in [0.5, 0.6) is 0 Å². The average molecular weight is 974 g/mol. The number of carbonyl (C=O) groups excluding carboxylic acids is 3. The summed E-state index contributed by atoms with van der Waals surface area (Å²) in [6, 6.07) is 19.4. The fraction of sp³-hybridized carbons (Fsp3) is 0.722. The van der Waals surface area contributed by atoms with Crippen LogP contribution in [0.3, 0.4) is 0 Å². The Morgan fingerprint density at radius 2 is 1.06 bits per heavy atom. The van der Waals surface area contributed by atoms with Gasteiger partial charge in [-0.2, -0.15) is 8.42 Å². The Hall–Kier alpha value is -3.40. The third-order valence-electron chi connectivity index (χ3n) is 12.9. The Balaban J connectivity index is 1.51. The molecule has 68 heavy (non-hydrogen) atoms. The lowest BCUT2D eigenvalue weighted by Crippen LogP contribution is -2.66. The zero-order valence-corrected chi connectivity index (χ0v) is 42.1. The molecule has 2 aromatic rings. The number of aliphatic hydroxyl groups excluding tert-OH is 2. The molecule has 386 valence electrons. The van der Waals surface area contributed by atoms with Gasteiger partial charge in [0.2, 0.25) is 5.91 Å². The van der Waals surface area contributed by atoms with Crippen molar-refractivity contribution in [3.63, 3.8) is 0 Å². The van der Waals surface area contributed by atoms with Crippen molar-refractivity contribution in [3.05, 3.63) is 71.8 Å². The number of nitrogens with one attached hydrogen (secondary N) is 1. The zero-order valence-electron chi connectivity index (χ0n) is 41.3. The smallest absolute Gasteiger partial charge is 0.397 e. The Morgan fingerprint density at radius 3 is 1.53 bits per heavy atom. The maximum Gasteiger partial charge on any atom is 0.397 e. The molecule has 4 N–H and O–H groups in total. The van der Waals surface area contributed by atoms with Crippen molar-refractivity contribution in [1.82, 2.24) is 5.32 Å². The first-order valence-corrected chi connectivity index (χ1v) is 27.7. The lowest BCUT2D eigenvalue weighted by molar-refractivity contribution is -0.254. The number of amides is 1. The van der Waals surface area contributed by atoms with Crippen LogP contribution >= 0.6 is 0 Å². The summed E-state index contributed by atoms with van der Waals surface area (Å²) in [5.41, 5.74) is 2.72. The minimum absolute atomic E-state index is 0.0282. The quantitative estimate of drug-likeness (QED) is 0.0281. The van der Waals surface area contributed by atoms with Gasteiger partial charge in [0.25, 0.3) is 0 Å². The first kappa shape index (κ1) is 58.9. The summed E-state index contributed by atoms with van der Waals surface area (Å²) in [5, 5.41) is 23.7. The molecule has 0 saturated carbocycles. The van der Waals surface area contributed by atoms with Gasteiger partial charge < -0.3 is 29.7 Å². The number of carbonyl (C=O) groups is 3. The van der Waals surface area contributed by atoms with Gasteiger partial charge >= 0.3 is 22.3 Å². The van der Waals surface area contributed by atoms with Crippen molar-refractivity contribution >= 4 is 28.2 Å². The van der Waals surface area contributed by atoms with Crippen LogP contribution in [-0.2, 0) is 56.0 Å². The summed E-state index contributed by atoms with van der Waals surface area (Å²) in [7, 11) is -5.17. The Bertz CT molecular complexity index is 1710. The van der Waals surface area contributed by atoms with Crippen LogP contribution < -0.4 is 5.32 Å². The minimum atomic E-state index is -5.17. The van der Waals surface area contributed by atoms with Crippen LogP contribution in [0.2, 0.25) is 0 Å². The number of hydrogen-bond acceptors (Lipinski definition) is 11. The van der Waals surface area contributed by atoms with E-state index in [-0.39, 0.29) is 19.3 Å². The number of ether oxygens (including phenoxy) is 3. The normalized spacial score (nSPS) is 18.8. The lowest BCUT2D eigenvalue weighted by Gasteiger charge is -2.43. The highest BCUT2D eigenvalue weighted by atomic mass is 32.3. The van der Waals surface area contributed by atoms with Crippen molar-refractivity contribution < 1.29 is 56.0 Å². The second-order valence-corrected chi connectivity index (χ2v) is 19.9. The summed E-state index contributed by atoms with van der Waals surface area (Å²) in [4.78, 5) is 40.1. The van der Waals surface area contributed by atoms with E-state index >= 15 is 0 Å². The molecular weight excluding hydrogens is 887 g/mol. The Morgan fingerprint density at radius 1 is 0.618 bits per heavy atom. The third-order valence-corrected chi connectivity index (χ3v) is 13.4. The highest BCUT2D eigenvalue weighted by Crippen LogP contribution is 2.28. The van der Waals surface area contributed by atoms with E-state index in [2.05, 4.69) is 60.8 Å². The van der Waals surface area contributed by atoms with Crippen LogP contribution in [0.1, 0.15) is 204 Å². The molecule has 0 spiro atoms. The van der Waals surface area contributed by atoms with Gasteiger partial charge in [0, 0.05) is 12.8 Å². The number of hydrogen-bond donors (Lipinski definition) is 4. The van der Waals surface area contributed by atoms with Crippen LogP contribution in [0, 0.1) is 0 Å². The summed E-state index contributed by atoms with van der Waals surface area (Å²) in [5.74, 6) is -1.79. The van der Waals surface area contributed by atoms with E-state index in [4.69, 9.17) is 18.4 Å². The third kappa shape index (κ3) is 27.7. The van der Waals surface area contributed by atoms with Crippen molar-refractivity contribution in [2.24, 2.45) is 0 Å². The molecule has 0 bridgehead atoms. The van der Waals surface area contributed by atoms with Crippen LogP contribution in [0.25, 0.3) is 0 Å². The highest BCUT2D eigenvalue weighted by Gasteiger charge is 2.50. The molecule has 3 rings (SSSR count). The molecule has 2 aromatic carbocycles. The molecule has 1 amide bonds. The van der Waals surface area contributed by atoms with Crippen molar-refractivity contribution in [2.45, 2.75) is 243 Å². The van der Waals surface area contributed by atoms with E-state index in [1.165, 1.54) is 62.5 Å². The fourth-order valence-corrected chi connectivity index (χ4v) is 9.53. The molecule has 0 aliphatic carbocycles. The van der Waals surface area contributed by atoms with E-state index in [1.54, 1.807) is 0 Å². The number of rotatable bonds is 40. The number of aryl methyl sites for hydroxylation is 2. The summed E-state index contributed by atoms with van der Waals surface area (Å²) >= 11 is 0. The highest BCUT2D eigenvalue weighted by molar-refractivity contribution is 7.80. The fourth-order valence-electron chi connectivity index (χ4n) is 9.02. The van der Waals surface area contributed by atoms with E-state index < -0.39 is 71.6 Å². The zero-order chi connectivity index (χ0) is 49.1. The van der Waals surface area contributed by atoms with E-state index in [0.717, 1.165) is 109 Å². The van der Waals surface area contributed by atoms with Crippen LogP contribution in [-0.4, -0.2) is 84.4 Å². The number of unbranched alkanes of at least 4 members (excludes halogenated alkanes) is 22. The predicted molar refractivity (Wildman–Crippen MR) is 266 cm³/mol. The summed E-state index contributed by atoms with van der Waals surface area (Å²) in [6.45, 7) is 1.34. The van der Waals surface area contributed by atoms with E-state index in [0.29, 0.717) is 19.3 Å². The Kier molecular flexibility index (Phi) is 31.6. The molecule has 1 heterocycles. The topological polar surface area (TPSA) is 195 Å². The van der Waals surface area contributed by atoms with Gasteiger partial charge in [-0.15, -0.1) is 0 Å². The van der Waals surface area contributed by atoms with Gasteiger partial charge in [-0.25, -0.2) is 4.18 Å². The number of esters is 2. The molecule has 2 unspecified atom stereocenters. The van der Waals surface area contributed by atoms with Crippen LogP contribution in [0.4, 0.5) is 0 Å². The molecule has 1 aliphatic rings. The van der Waals surface area contributed by atoms with Crippen LogP contribution in [0.15, 0.2) is 60.7 Å². The van der Waals surface area contributed by atoms with Crippen molar-refractivity contribution in [2.75, 3.05) is 6.61 Å². The maximum atomic E-state index is 13.7. The van der Waals surface area contributed by atoms with Crippen molar-refractivity contribution in [3.8, 4) is 0 Å². The Labute approximate surface area is 409 Å².